The molecule has 0 unspecified atom stereocenters. The number of nitrogens with zero attached hydrogens (tertiary/aromatic N) is 2. The summed E-state index contributed by atoms with van der Waals surface area (Å²) in [5, 5.41) is 0.622. The number of hydrogen-bond donors (Lipinski definition) is 1. The van der Waals surface area contributed by atoms with Crippen molar-refractivity contribution in [2.75, 3.05) is 0 Å². The van der Waals surface area contributed by atoms with Crippen LogP contribution >= 0.6 is 23.2 Å². The number of hydrogen-bond acceptors (Lipinski definition) is 3. The summed E-state index contributed by atoms with van der Waals surface area (Å²) < 4.78 is 0. The zero-order chi connectivity index (χ0) is 7.56. The highest BCUT2D eigenvalue weighted by Crippen LogP contribution is 2.12. The van der Waals surface area contributed by atoms with E-state index < -0.39 is 0 Å². The Balaban J connectivity index is 3.09. The van der Waals surface area contributed by atoms with E-state index in [9.17, 15) is 0 Å². The van der Waals surface area contributed by atoms with Gasteiger partial charge in [-0.25, -0.2) is 9.97 Å². The quantitative estimate of drug-likeness (QED) is 0.658. The summed E-state index contributed by atoms with van der Waals surface area (Å²) in [6, 6.07) is 0. The van der Waals surface area contributed by atoms with Crippen molar-refractivity contribution in [1.82, 2.24) is 9.97 Å². The van der Waals surface area contributed by atoms with Crippen LogP contribution in [-0.2, 0) is 6.54 Å². The zero-order valence-corrected chi connectivity index (χ0v) is 6.52. The van der Waals surface area contributed by atoms with Crippen LogP contribution in [0, 0.1) is 0 Å². The van der Waals surface area contributed by atoms with Crippen LogP contribution in [0.1, 0.15) is 5.69 Å². The predicted molar refractivity (Wildman–Crippen MR) is 39.9 cm³/mol. The van der Waals surface area contributed by atoms with Crippen molar-refractivity contribution in [1.29, 1.82) is 0 Å². The van der Waals surface area contributed by atoms with Gasteiger partial charge in [0, 0.05) is 6.54 Å². The second-order valence-electron chi connectivity index (χ2n) is 1.64. The van der Waals surface area contributed by atoms with E-state index in [0.29, 0.717) is 10.7 Å². The molecule has 1 heterocycles. The van der Waals surface area contributed by atoms with Gasteiger partial charge < -0.3 is 5.73 Å². The first-order valence-electron chi connectivity index (χ1n) is 2.61. The average molecular weight is 178 g/mol. The normalized spacial score (nSPS) is 9.90. The molecule has 1 aromatic rings. The third kappa shape index (κ3) is 1.56. The monoisotopic (exact) mass is 177 g/mol. The Bertz CT molecular complexity index is 238. The van der Waals surface area contributed by atoms with Crippen LogP contribution in [0.15, 0.2) is 6.20 Å². The number of aromatic nitrogens is 2. The molecule has 0 radical (unpaired) electrons. The van der Waals surface area contributed by atoms with Crippen molar-refractivity contribution in [3.63, 3.8) is 0 Å². The molecule has 0 aliphatic heterocycles. The molecular weight excluding hydrogens is 173 g/mol. The molecule has 5 heteroatoms. The molecule has 0 amide bonds. The van der Waals surface area contributed by atoms with Crippen molar-refractivity contribution in [2.45, 2.75) is 6.54 Å². The minimum Gasteiger partial charge on any atom is -0.325 e. The van der Waals surface area contributed by atoms with E-state index in [4.69, 9.17) is 28.9 Å². The summed E-state index contributed by atoms with van der Waals surface area (Å²) in [6.45, 7) is 0.279. The van der Waals surface area contributed by atoms with Crippen LogP contribution in [-0.4, -0.2) is 9.97 Å². The highest BCUT2D eigenvalue weighted by Gasteiger charge is 2.00. The predicted octanol–water partition coefficient (Wildman–Crippen LogP) is 1.24. The molecule has 0 aliphatic carbocycles. The van der Waals surface area contributed by atoms with Gasteiger partial charge >= 0.3 is 0 Å². The second kappa shape index (κ2) is 3.14. The maximum absolute atomic E-state index is 5.63. The van der Waals surface area contributed by atoms with Crippen molar-refractivity contribution in [3.05, 3.63) is 22.2 Å². The second-order valence-corrected chi connectivity index (χ2v) is 2.38. The molecule has 10 heavy (non-hydrogen) atoms. The Morgan fingerprint density at radius 2 is 2.20 bits per heavy atom. The van der Waals surface area contributed by atoms with Crippen molar-refractivity contribution < 1.29 is 0 Å². The summed E-state index contributed by atoms with van der Waals surface area (Å²) in [5.41, 5.74) is 5.86. The highest BCUT2D eigenvalue weighted by molar-refractivity contribution is 6.31. The van der Waals surface area contributed by atoms with Gasteiger partial charge in [-0.15, -0.1) is 0 Å². The van der Waals surface area contributed by atoms with Gasteiger partial charge in [-0.1, -0.05) is 11.6 Å². The lowest BCUT2D eigenvalue weighted by Gasteiger charge is -1.97. The zero-order valence-electron chi connectivity index (χ0n) is 5.01. The van der Waals surface area contributed by atoms with Crippen molar-refractivity contribution in [3.8, 4) is 0 Å². The number of halogens is 2. The molecule has 0 bridgehead atoms. The van der Waals surface area contributed by atoms with Crippen LogP contribution in [0.2, 0.25) is 10.3 Å². The minimum atomic E-state index is 0.171. The van der Waals surface area contributed by atoms with Gasteiger partial charge in [-0.3, -0.25) is 0 Å². The first-order chi connectivity index (χ1) is 4.74. The summed E-state index contributed by atoms with van der Waals surface area (Å²) in [5.74, 6) is 0. The van der Waals surface area contributed by atoms with E-state index in [0.717, 1.165) is 0 Å². The van der Waals surface area contributed by atoms with Crippen LogP contribution in [0.3, 0.4) is 0 Å². The fourth-order valence-corrected chi connectivity index (χ4v) is 0.840. The van der Waals surface area contributed by atoms with Gasteiger partial charge in [0.2, 0.25) is 5.28 Å². The molecular formula is C5H5Cl2N3. The molecule has 0 aliphatic rings. The van der Waals surface area contributed by atoms with Crippen LogP contribution in [0.4, 0.5) is 0 Å². The summed E-state index contributed by atoms with van der Waals surface area (Å²) in [6.07, 6.45) is 1.43. The fourth-order valence-electron chi connectivity index (χ4n) is 0.521. The van der Waals surface area contributed by atoms with Gasteiger partial charge in [-0.2, -0.15) is 0 Å². The molecule has 0 saturated carbocycles. The molecule has 0 saturated heterocycles. The van der Waals surface area contributed by atoms with E-state index in [1.165, 1.54) is 6.20 Å². The van der Waals surface area contributed by atoms with Crippen LogP contribution in [0.5, 0.6) is 0 Å². The number of rotatable bonds is 1. The van der Waals surface area contributed by atoms with Crippen LogP contribution in [0.25, 0.3) is 0 Å². The highest BCUT2D eigenvalue weighted by atomic mass is 35.5. The Kier molecular flexibility index (Phi) is 2.43. The molecule has 1 aromatic heterocycles. The Labute approximate surface area is 68.2 Å². The van der Waals surface area contributed by atoms with Gasteiger partial charge in [0.25, 0.3) is 0 Å². The largest absolute Gasteiger partial charge is 0.325 e. The topological polar surface area (TPSA) is 51.8 Å². The van der Waals surface area contributed by atoms with E-state index in [1.54, 1.807) is 0 Å². The Morgan fingerprint density at radius 3 is 2.70 bits per heavy atom. The molecule has 1 rings (SSSR count). The van der Waals surface area contributed by atoms with Gasteiger partial charge in [-0.05, 0) is 11.6 Å². The molecule has 0 aromatic carbocycles. The summed E-state index contributed by atoms with van der Waals surface area (Å²) in [7, 11) is 0. The maximum Gasteiger partial charge on any atom is 0.222 e. The first-order valence-corrected chi connectivity index (χ1v) is 3.36. The summed E-state index contributed by atoms with van der Waals surface area (Å²) in [4.78, 5) is 7.44. The lowest BCUT2D eigenvalue weighted by molar-refractivity contribution is 0.964. The standard InChI is InChI=1S/C5H5Cl2N3/c6-3-2-9-5(7)10-4(3)1-8/h2H,1,8H2. The first kappa shape index (κ1) is 7.72. The Hall–Kier alpha value is -0.380. The van der Waals surface area contributed by atoms with Crippen LogP contribution < -0.4 is 5.73 Å². The third-order valence-corrected chi connectivity index (χ3v) is 1.48. The fraction of sp³-hybridized carbons (Fsp3) is 0.200. The molecule has 54 valence electrons. The molecule has 0 spiro atoms. The number of nitrogens with two attached hydrogens (primary N) is 1. The minimum absolute atomic E-state index is 0.171. The molecule has 3 nitrogen and oxygen atoms in total. The van der Waals surface area contributed by atoms with E-state index in [-0.39, 0.29) is 11.8 Å². The summed E-state index contributed by atoms with van der Waals surface area (Å²) >= 11 is 11.1. The molecule has 0 atom stereocenters. The van der Waals surface area contributed by atoms with Crippen molar-refractivity contribution >= 4 is 23.2 Å². The maximum atomic E-state index is 5.63. The lowest BCUT2D eigenvalue weighted by Crippen LogP contribution is -2.01. The molecule has 0 fully saturated rings. The van der Waals surface area contributed by atoms with Gasteiger partial charge in [0.05, 0.1) is 16.9 Å². The third-order valence-electron chi connectivity index (χ3n) is 0.981. The molecule has 2 N–H and O–H groups in total. The van der Waals surface area contributed by atoms with E-state index in [2.05, 4.69) is 9.97 Å². The lowest BCUT2D eigenvalue weighted by atomic mass is 10.4. The van der Waals surface area contributed by atoms with E-state index >= 15 is 0 Å². The van der Waals surface area contributed by atoms with E-state index in [1.807, 2.05) is 0 Å². The van der Waals surface area contributed by atoms with Gasteiger partial charge in [0.1, 0.15) is 0 Å². The van der Waals surface area contributed by atoms with Gasteiger partial charge in [0.15, 0.2) is 0 Å². The SMILES string of the molecule is NCc1nc(Cl)ncc1Cl. The average Bonchev–Trinajstić information content (AvgIpc) is 1.94. The Morgan fingerprint density at radius 1 is 1.50 bits per heavy atom. The van der Waals surface area contributed by atoms with Crippen molar-refractivity contribution in [2.24, 2.45) is 5.73 Å². The smallest absolute Gasteiger partial charge is 0.222 e.